The molecule has 1 saturated carbocycles. The molecule has 0 amide bonds. The van der Waals surface area contributed by atoms with Gasteiger partial charge in [-0.15, -0.1) is 0 Å². The van der Waals surface area contributed by atoms with E-state index in [9.17, 15) is 4.79 Å². The molecule has 1 aromatic heterocycles. The minimum Gasteiger partial charge on any atom is -0.477 e. The Morgan fingerprint density at radius 1 is 1.71 bits per heavy atom. The van der Waals surface area contributed by atoms with Crippen molar-refractivity contribution in [3.63, 3.8) is 0 Å². The van der Waals surface area contributed by atoms with Gasteiger partial charge in [-0.05, 0) is 25.7 Å². The Hall–Kier alpha value is -1.10. The minimum absolute atomic E-state index is 0.336. The van der Waals surface area contributed by atoms with Crippen LogP contribution in [0.4, 0.5) is 5.13 Å². The molecule has 1 aliphatic rings. The standard InChI is InChI=1S/C9H12N2O2S/c1-5-7(8(12)13)14-9(11-5)10-4-6-2-3-6/h6H,2-4H2,1H3,(H,10,11)(H,12,13). The molecule has 1 aliphatic carbocycles. The van der Waals surface area contributed by atoms with Gasteiger partial charge in [-0.3, -0.25) is 0 Å². The van der Waals surface area contributed by atoms with Gasteiger partial charge >= 0.3 is 5.97 Å². The lowest BCUT2D eigenvalue weighted by Gasteiger charge is -1.97. The van der Waals surface area contributed by atoms with Crippen molar-refractivity contribution in [3.8, 4) is 0 Å². The number of aryl methyl sites for hydroxylation is 1. The van der Waals surface area contributed by atoms with Crippen LogP contribution in [0.1, 0.15) is 28.2 Å². The predicted octanol–water partition coefficient (Wildman–Crippen LogP) is 1.97. The van der Waals surface area contributed by atoms with Crippen LogP contribution in [-0.4, -0.2) is 22.6 Å². The second-order valence-corrected chi connectivity index (χ2v) is 4.56. The van der Waals surface area contributed by atoms with E-state index in [0.717, 1.165) is 17.6 Å². The molecule has 0 bridgehead atoms. The van der Waals surface area contributed by atoms with Gasteiger partial charge < -0.3 is 10.4 Å². The number of nitrogens with one attached hydrogen (secondary N) is 1. The molecule has 5 heteroatoms. The van der Waals surface area contributed by atoms with Crippen LogP contribution < -0.4 is 5.32 Å². The summed E-state index contributed by atoms with van der Waals surface area (Å²) < 4.78 is 0. The SMILES string of the molecule is Cc1nc(NCC2CC2)sc1C(=O)O. The Labute approximate surface area is 86.0 Å². The Balaban J connectivity index is 2.02. The molecule has 0 atom stereocenters. The predicted molar refractivity (Wildman–Crippen MR) is 55.0 cm³/mol. The van der Waals surface area contributed by atoms with Gasteiger partial charge in [0.05, 0.1) is 5.69 Å². The molecule has 0 spiro atoms. The number of nitrogens with zero attached hydrogens (tertiary/aromatic N) is 1. The van der Waals surface area contributed by atoms with E-state index in [2.05, 4.69) is 10.3 Å². The third-order valence-corrected chi connectivity index (χ3v) is 3.33. The summed E-state index contributed by atoms with van der Waals surface area (Å²) in [6, 6.07) is 0. The van der Waals surface area contributed by atoms with E-state index >= 15 is 0 Å². The van der Waals surface area contributed by atoms with Gasteiger partial charge in [-0.1, -0.05) is 11.3 Å². The first-order valence-corrected chi connectivity index (χ1v) is 5.43. The number of thiazole rings is 1. The highest BCUT2D eigenvalue weighted by molar-refractivity contribution is 7.17. The van der Waals surface area contributed by atoms with E-state index in [-0.39, 0.29) is 0 Å². The molecule has 2 rings (SSSR count). The molecule has 1 fully saturated rings. The monoisotopic (exact) mass is 212 g/mol. The van der Waals surface area contributed by atoms with Gasteiger partial charge in [0.1, 0.15) is 4.88 Å². The normalized spacial score (nSPS) is 15.5. The molecule has 0 saturated heterocycles. The maximum atomic E-state index is 10.7. The molecule has 0 unspecified atom stereocenters. The summed E-state index contributed by atoms with van der Waals surface area (Å²) in [5.74, 6) is -0.119. The maximum Gasteiger partial charge on any atom is 0.347 e. The van der Waals surface area contributed by atoms with Gasteiger partial charge in [-0.2, -0.15) is 0 Å². The van der Waals surface area contributed by atoms with Crippen molar-refractivity contribution in [2.75, 3.05) is 11.9 Å². The fourth-order valence-corrected chi connectivity index (χ4v) is 2.04. The van der Waals surface area contributed by atoms with E-state index < -0.39 is 5.97 Å². The van der Waals surface area contributed by atoms with Gasteiger partial charge in [-0.25, -0.2) is 9.78 Å². The van der Waals surface area contributed by atoms with Crippen molar-refractivity contribution in [1.29, 1.82) is 0 Å². The number of carbonyl (C=O) groups is 1. The van der Waals surface area contributed by atoms with Crippen LogP contribution in [-0.2, 0) is 0 Å². The highest BCUT2D eigenvalue weighted by atomic mass is 32.1. The van der Waals surface area contributed by atoms with Gasteiger partial charge in [0.2, 0.25) is 0 Å². The van der Waals surface area contributed by atoms with Crippen LogP contribution in [0.3, 0.4) is 0 Å². The lowest BCUT2D eigenvalue weighted by atomic mass is 10.4. The quantitative estimate of drug-likeness (QED) is 0.801. The smallest absolute Gasteiger partial charge is 0.347 e. The van der Waals surface area contributed by atoms with E-state index in [0.29, 0.717) is 10.6 Å². The highest BCUT2D eigenvalue weighted by Gasteiger charge is 2.21. The van der Waals surface area contributed by atoms with Crippen LogP contribution in [0.15, 0.2) is 0 Å². The highest BCUT2D eigenvalue weighted by Crippen LogP contribution is 2.30. The lowest BCUT2D eigenvalue weighted by molar-refractivity contribution is 0.0701. The molecule has 2 N–H and O–H groups in total. The summed E-state index contributed by atoms with van der Waals surface area (Å²) in [5.41, 5.74) is 0.598. The molecular weight excluding hydrogens is 200 g/mol. The largest absolute Gasteiger partial charge is 0.477 e. The van der Waals surface area contributed by atoms with E-state index in [1.54, 1.807) is 6.92 Å². The minimum atomic E-state index is -0.889. The fourth-order valence-electron chi connectivity index (χ4n) is 1.22. The molecule has 0 radical (unpaired) electrons. The van der Waals surface area contributed by atoms with E-state index in [1.807, 2.05) is 0 Å². The van der Waals surface area contributed by atoms with Gasteiger partial charge in [0.15, 0.2) is 5.13 Å². The second-order valence-electron chi connectivity index (χ2n) is 3.56. The number of anilines is 1. The third kappa shape index (κ3) is 2.04. The maximum absolute atomic E-state index is 10.7. The van der Waals surface area contributed by atoms with Crippen LogP contribution in [0.2, 0.25) is 0 Å². The zero-order chi connectivity index (χ0) is 10.1. The van der Waals surface area contributed by atoms with Crippen molar-refractivity contribution in [3.05, 3.63) is 10.6 Å². The number of aromatic nitrogens is 1. The first-order chi connectivity index (χ1) is 6.66. The van der Waals surface area contributed by atoms with Crippen molar-refractivity contribution < 1.29 is 9.90 Å². The van der Waals surface area contributed by atoms with Crippen LogP contribution in [0.5, 0.6) is 0 Å². The van der Waals surface area contributed by atoms with E-state index in [1.165, 1.54) is 24.2 Å². The molecule has 0 aromatic carbocycles. The number of aromatic carboxylic acids is 1. The Morgan fingerprint density at radius 2 is 2.43 bits per heavy atom. The number of carboxylic acids is 1. The summed E-state index contributed by atoms with van der Waals surface area (Å²) in [7, 11) is 0. The van der Waals surface area contributed by atoms with Crippen LogP contribution in [0.25, 0.3) is 0 Å². The number of hydrogen-bond donors (Lipinski definition) is 2. The van der Waals surface area contributed by atoms with E-state index in [4.69, 9.17) is 5.11 Å². The Kier molecular flexibility index (Phi) is 2.41. The summed E-state index contributed by atoms with van der Waals surface area (Å²) in [6.45, 7) is 2.65. The molecule has 1 aromatic rings. The van der Waals surface area contributed by atoms with Crippen molar-refractivity contribution in [1.82, 2.24) is 4.98 Å². The average Bonchev–Trinajstić information content (AvgIpc) is 2.86. The van der Waals surface area contributed by atoms with Crippen LogP contribution in [0, 0.1) is 12.8 Å². The topological polar surface area (TPSA) is 62.2 Å². The van der Waals surface area contributed by atoms with Gasteiger partial charge in [0, 0.05) is 6.54 Å². The van der Waals surface area contributed by atoms with Crippen molar-refractivity contribution in [2.45, 2.75) is 19.8 Å². The summed E-state index contributed by atoms with van der Waals surface area (Å²) in [6.07, 6.45) is 2.56. The van der Waals surface area contributed by atoms with Crippen molar-refractivity contribution >= 4 is 22.4 Å². The molecule has 0 aliphatic heterocycles. The van der Waals surface area contributed by atoms with Gasteiger partial charge in [0.25, 0.3) is 0 Å². The first-order valence-electron chi connectivity index (χ1n) is 4.61. The van der Waals surface area contributed by atoms with Crippen LogP contribution >= 0.6 is 11.3 Å². The first kappa shape index (κ1) is 9.45. The fraction of sp³-hybridized carbons (Fsp3) is 0.556. The lowest BCUT2D eigenvalue weighted by Crippen LogP contribution is -2.02. The molecular formula is C9H12N2O2S. The number of hydrogen-bond acceptors (Lipinski definition) is 4. The second kappa shape index (κ2) is 3.57. The zero-order valence-electron chi connectivity index (χ0n) is 7.91. The molecule has 1 heterocycles. The zero-order valence-corrected chi connectivity index (χ0v) is 8.73. The number of rotatable bonds is 4. The van der Waals surface area contributed by atoms with Crippen molar-refractivity contribution in [2.24, 2.45) is 5.92 Å². The third-order valence-electron chi connectivity index (χ3n) is 2.23. The average molecular weight is 212 g/mol. The molecule has 14 heavy (non-hydrogen) atoms. The summed E-state index contributed by atoms with van der Waals surface area (Å²) in [4.78, 5) is 15.2. The summed E-state index contributed by atoms with van der Waals surface area (Å²) >= 11 is 1.22. The number of carboxylic acid groups (broad SMARTS) is 1. The molecule has 76 valence electrons. The Morgan fingerprint density at radius 3 is 2.93 bits per heavy atom. The Bertz CT molecular complexity index is 358. The summed E-state index contributed by atoms with van der Waals surface area (Å²) in [5, 5.41) is 12.7. The molecule has 4 nitrogen and oxygen atoms in total.